The Morgan fingerprint density at radius 1 is 1.21 bits per heavy atom. The molecule has 0 spiro atoms. The molecule has 0 fully saturated rings. The molecule has 2 aromatic carbocycles. The fourth-order valence-corrected chi connectivity index (χ4v) is 3.17. The van der Waals surface area contributed by atoms with Gasteiger partial charge in [0.1, 0.15) is 6.04 Å². The van der Waals surface area contributed by atoms with E-state index in [9.17, 15) is 13.2 Å². The van der Waals surface area contributed by atoms with Crippen LogP contribution in [0.5, 0.6) is 0 Å². The van der Waals surface area contributed by atoms with Crippen LogP contribution in [-0.4, -0.2) is 31.9 Å². The minimum Gasteiger partial charge on any atom is -0.324 e. The summed E-state index contributed by atoms with van der Waals surface area (Å²) >= 11 is 9.30. The van der Waals surface area contributed by atoms with Crippen molar-refractivity contribution >= 4 is 49.1 Å². The first-order valence-electron chi connectivity index (χ1n) is 6.94. The summed E-state index contributed by atoms with van der Waals surface area (Å²) in [4.78, 5) is 12.7. The molecule has 8 heteroatoms. The van der Waals surface area contributed by atoms with Gasteiger partial charge >= 0.3 is 0 Å². The van der Waals surface area contributed by atoms with Gasteiger partial charge in [-0.1, -0.05) is 41.9 Å². The third-order valence-corrected chi connectivity index (χ3v) is 5.93. The van der Waals surface area contributed by atoms with Gasteiger partial charge in [0, 0.05) is 17.2 Å². The Labute approximate surface area is 154 Å². The standard InChI is InChI=1S/C16H16BrClN2O3S/c1-20(24(2,22)23)15(11-6-4-3-5-7-11)16(21)19-12-8-9-13(17)14(18)10-12/h3-10,15H,1-2H3,(H,19,21)/t15-/m1/s1. The predicted octanol–water partition coefficient (Wildman–Crippen LogP) is 3.67. The summed E-state index contributed by atoms with van der Waals surface area (Å²) in [6.45, 7) is 0. The Balaban J connectivity index is 2.36. The molecule has 1 atom stereocenters. The Hall–Kier alpha value is -1.41. The number of halogens is 2. The summed E-state index contributed by atoms with van der Waals surface area (Å²) in [7, 11) is -2.19. The predicted molar refractivity (Wildman–Crippen MR) is 99.6 cm³/mol. The SMILES string of the molecule is CN([C@@H](C(=O)Nc1ccc(Br)c(Cl)c1)c1ccccc1)S(C)(=O)=O. The summed E-state index contributed by atoms with van der Waals surface area (Å²) in [5.74, 6) is -0.465. The normalized spacial score (nSPS) is 12.9. The van der Waals surface area contributed by atoms with Crippen molar-refractivity contribution in [3.05, 3.63) is 63.6 Å². The van der Waals surface area contributed by atoms with E-state index in [0.717, 1.165) is 10.6 Å². The Kier molecular flexibility index (Phi) is 6.03. The van der Waals surface area contributed by atoms with E-state index >= 15 is 0 Å². The average molecular weight is 432 g/mol. The molecule has 2 aromatic rings. The zero-order chi connectivity index (χ0) is 17.9. The van der Waals surface area contributed by atoms with Crippen LogP contribution in [0.25, 0.3) is 0 Å². The van der Waals surface area contributed by atoms with Crippen molar-refractivity contribution in [2.45, 2.75) is 6.04 Å². The van der Waals surface area contributed by atoms with Gasteiger partial charge in [0.25, 0.3) is 0 Å². The molecule has 0 bridgehead atoms. The summed E-state index contributed by atoms with van der Waals surface area (Å²) in [5.41, 5.74) is 1.06. The molecule has 0 aliphatic heterocycles. The van der Waals surface area contributed by atoms with Crippen molar-refractivity contribution in [2.24, 2.45) is 0 Å². The lowest BCUT2D eigenvalue weighted by atomic mass is 10.1. The van der Waals surface area contributed by atoms with Gasteiger partial charge < -0.3 is 5.32 Å². The zero-order valence-corrected chi connectivity index (χ0v) is 16.2. The highest BCUT2D eigenvalue weighted by Crippen LogP contribution is 2.28. The van der Waals surface area contributed by atoms with Gasteiger partial charge in [-0.2, -0.15) is 4.31 Å². The molecule has 128 valence electrons. The fourth-order valence-electron chi connectivity index (χ4n) is 2.14. The van der Waals surface area contributed by atoms with Crippen LogP contribution in [-0.2, 0) is 14.8 Å². The second-order valence-corrected chi connectivity index (χ2v) is 8.51. The van der Waals surface area contributed by atoms with E-state index in [1.807, 2.05) is 0 Å². The van der Waals surface area contributed by atoms with Gasteiger partial charge in [0.05, 0.1) is 11.3 Å². The molecule has 0 saturated heterocycles. The monoisotopic (exact) mass is 430 g/mol. The Morgan fingerprint density at radius 2 is 1.83 bits per heavy atom. The van der Waals surface area contributed by atoms with Crippen LogP contribution in [0.15, 0.2) is 53.0 Å². The number of sulfonamides is 1. The van der Waals surface area contributed by atoms with Crippen molar-refractivity contribution in [1.82, 2.24) is 4.31 Å². The third kappa shape index (κ3) is 4.57. The molecular formula is C16H16BrClN2O3S. The molecule has 0 aromatic heterocycles. The largest absolute Gasteiger partial charge is 0.324 e. The molecular weight excluding hydrogens is 416 g/mol. The van der Waals surface area contributed by atoms with Crippen molar-refractivity contribution in [2.75, 3.05) is 18.6 Å². The molecule has 0 saturated carbocycles. The number of amides is 1. The zero-order valence-electron chi connectivity index (χ0n) is 13.0. The van der Waals surface area contributed by atoms with Crippen LogP contribution in [0.4, 0.5) is 5.69 Å². The van der Waals surface area contributed by atoms with Crippen LogP contribution >= 0.6 is 27.5 Å². The summed E-state index contributed by atoms with van der Waals surface area (Å²) < 4.78 is 25.6. The highest BCUT2D eigenvalue weighted by Gasteiger charge is 2.30. The highest BCUT2D eigenvalue weighted by atomic mass is 79.9. The Bertz CT molecular complexity index is 844. The van der Waals surface area contributed by atoms with Crippen LogP contribution < -0.4 is 5.32 Å². The second kappa shape index (κ2) is 7.65. The van der Waals surface area contributed by atoms with Gasteiger partial charge in [-0.15, -0.1) is 0 Å². The fraction of sp³-hybridized carbons (Fsp3) is 0.188. The van der Waals surface area contributed by atoms with E-state index < -0.39 is 22.0 Å². The number of nitrogens with one attached hydrogen (secondary N) is 1. The summed E-state index contributed by atoms with van der Waals surface area (Å²) in [6, 6.07) is 12.7. The number of rotatable bonds is 5. The minimum absolute atomic E-state index is 0.445. The van der Waals surface area contributed by atoms with Gasteiger partial charge in [0.15, 0.2) is 0 Å². The van der Waals surface area contributed by atoms with Gasteiger partial charge in [0.2, 0.25) is 15.9 Å². The topological polar surface area (TPSA) is 66.5 Å². The maximum atomic E-state index is 12.7. The van der Waals surface area contributed by atoms with Crippen LogP contribution in [0.3, 0.4) is 0 Å². The number of anilines is 1. The molecule has 0 aliphatic carbocycles. The number of hydrogen-bond acceptors (Lipinski definition) is 3. The van der Waals surface area contributed by atoms with E-state index in [4.69, 9.17) is 11.6 Å². The van der Waals surface area contributed by atoms with E-state index in [-0.39, 0.29) is 0 Å². The van der Waals surface area contributed by atoms with Gasteiger partial charge in [-0.05, 0) is 39.7 Å². The van der Waals surface area contributed by atoms with Crippen LogP contribution in [0.1, 0.15) is 11.6 Å². The molecule has 1 N–H and O–H groups in total. The van der Waals surface area contributed by atoms with Crippen molar-refractivity contribution < 1.29 is 13.2 Å². The van der Waals surface area contributed by atoms with Gasteiger partial charge in [-0.25, -0.2) is 8.42 Å². The molecule has 0 aliphatic rings. The number of benzene rings is 2. The minimum atomic E-state index is -3.56. The lowest BCUT2D eigenvalue weighted by Gasteiger charge is -2.25. The molecule has 0 radical (unpaired) electrons. The third-order valence-electron chi connectivity index (χ3n) is 3.44. The molecule has 0 unspecified atom stereocenters. The Morgan fingerprint density at radius 3 is 2.38 bits per heavy atom. The lowest BCUT2D eigenvalue weighted by molar-refractivity contribution is -0.119. The van der Waals surface area contributed by atoms with Crippen LogP contribution in [0, 0.1) is 0 Å². The average Bonchev–Trinajstić information content (AvgIpc) is 2.51. The van der Waals surface area contributed by atoms with E-state index in [1.54, 1.807) is 48.5 Å². The lowest BCUT2D eigenvalue weighted by Crippen LogP contribution is -2.38. The molecule has 24 heavy (non-hydrogen) atoms. The van der Waals surface area contributed by atoms with E-state index in [1.165, 1.54) is 7.05 Å². The van der Waals surface area contributed by atoms with Crippen LogP contribution in [0.2, 0.25) is 5.02 Å². The maximum absolute atomic E-state index is 12.7. The smallest absolute Gasteiger partial charge is 0.247 e. The van der Waals surface area contributed by atoms with E-state index in [0.29, 0.717) is 20.7 Å². The quantitative estimate of drug-likeness (QED) is 0.785. The first-order chi connectivity index (χ1) is 11.2. The first kappa shape index (κ1) is 18.9. The first-order valence-corrected chi connectivity index (χ1v) is 9.96. The molecule has 1 amide bonds. The molecule has 2 rings (SSSR count). The van der Waals surface area contributed by atoms with Crippen molar-refractivity contribution in [3.63, 3.8) is 0 Å². The molecule has 0 heterocycles. The van der Waals surface area contributed by atoms with Gasteiger partial charge in [-0.3, -0.25) is 4.79 Å². The number of carbonyl (C=O) groups is 1. The van der Waals surface area contributed by atoms with E-state index in [2.05, 4.69) is 21.2 Å². The molecule has 5 nitrogen and oxygen atoms in total. The highest BCUT2D eigenvalue weighted by molar-refractivity contribution is 9.10. The number of hydrogen-bond donors (Lipinski definition) is 1. The summed E-state index contributed by atoms with van der Waals surface area (Å²) in [5, 5.41) is 3.16. The van der Waals surface area contributed by atoms with Crippen molar-refractivity contribution in [1.29, 1.82) is 0 Å². The summed E-state index contributed by atoms with van der Waals surface area (Å²) in [6.07, 6.45) is 1.06. The number of likely N-dealkylation sites (N-methyl/N-ethyl adjacent to an activating group) is 1. The maximum Gasteiger partial charge on any atom is 0.247 e. The van der Waals surface area contributed by atoms with Crippen molar-refractivity contribution in [3.8, 4) is 0 Å². The second-order valence-electron chi connectivity index (χ2n) is 5.21. The number of nitrogens with zero attached hydrogens (tertiary/aromatic N) is 1. The number of carbonyl (C=O) groups excluding carboxylic acids is 1.